The van der Waals surface area contributed by atoms with E-state index >= 15 is 0 Å². The number of benzene rings is 1. The Labute approximate surface area is 134 Å². The molecular formula is C17H20FNO4. The molecule has 0 radical (unpaired) electrons. The number of halogens is 1. The third kappa shape index (κ3) is 2.90. The van der Waals surface area contributed by atoms with E-state index in [-0.39, 0.29) is 17.6 Å². The van der Waals surface area contributed by atoms with Gasteiger partial charge in [-0.05, 0) is 43.7 Å². The zero-order valence-electron chi connectivity index (χ0n) is 12.9. The average molecular weight is 321 g/mol. The Balaban J connectivity index is 1.74. The fourth-order valence-electron chi connectivity index (χ4n) is 3.86. The summed E-state index contributed by atoms with van der Waals surface area (Å²) < 4.78 is 19.0. The van der Waals surface area contributed by atoms with Crippen molar-refractivity contribution in [2.24, 2.45) is 11.8 Å². The minimum absolute atomic E-state index is 0.000355. The van der Waals surface area contributed by atoms with Gasteiger partial charge < -0.3 is 14.7 Å². The van der Waals surface area contributed by atoms with Crippen LogP contribution in [0.3, 0.4) is 0 Å². The number of ether oxygens (including phenoxy) is 1. The molecule has 3 rings (SSSR count). The molecule has 1 heterocycles. The Hall–Kier alpha value is -2.11. The van der Waals surface area contributed by atoms with Crippen LogP contribution in [-0.4, -0.2) is 40.6 Å². The zero-order valence-corrected chi connectivity index (χ0v) is 12.9. The predicted octanol–water partition coefficient (Wildman–Crippen LogP) is 2.30. The van der Waals surface area contributed by atoms with E-state index in [4.69, 9.17) is 4.74 Å². The van der Waals surface area contributed by atoms with Crippen molar-refractivity contribution >= 4 is 11.9 Å². The summed E-state index contributed by atoms with van der Waals surface area (Å²) in [6, 6.07) is 5.08. The van der Waals surface area contributed by atoms with Crippen molar-refractivity contribution < 1.29 is 23.8 Å². The van der Waals surface area contributed by atoms with Crippen molar-refractivity contribution in [1.29, 1.82) is 0 Å². The van der Waals surface area contributed by atoms with E-state index in [0.29, 0.717) is 6.54 Å². The van der Waals surface area contributed by atoms with E-state index in [0.717, 1.165) is 19.3 Å². The van der Waals surface area contributed by atoms with Crippen molar-refractivity contribution in [3.05, 3.63) is 30.1 Å². The molecule has 2 aliphatic rings. The van der Waals surface area contributed by atoms with Crippen LogP contribution in [0.5, 0.6) is 5.75 Å². The molecule has 0 spiro atoms. The summed E-state index contributed by atoms with van der Waals surface area (Å²) in [7, 11) is 0. The van der Waals surface area contributed by atoms with Gasteiger partial charge in [0.2, 0.25) is 0 Å². The second-order valence-electron chi connectivity index (χ2n) is 6.32. The number of fused-ring (bicyclic) bond motifs is 1. The number of carbonyl (C=O) groups excluding carboxylic acids is 1. The molecule has 1 aromatic rings. The first-order chi connectivity index (χ1) is 11.0. The molecule has 4 unspecified atom stereocenters. The third-order valence-electron chi connectivity index (χ3n) is 4.91. The Kier molecular flexibility index (Phi) is 4.24. The van der Waals surface area contributed by atoms with E-state index < -0.39 is 29.8 Å². The molecule has 1 aliphatic heterocycles. The Morgan fingerprint density at radius 3 is 2.78 bits per heavy atom. The number of para-hydroxylation sites is 1. The normalized spacial score (nSPS) is 27.6. The first-order valence-electron chi connectivity index (χ1n) is 7.93. The molecule has 1 aliphatic carbocycles. The fraction of sp³-hybridized carbons (Fsp3) is 0.529. The van der Waals surface area contributed by atoms with E-state index in [1.165, 1.54) is 30.0 Å². The molecule has 1 aromatic carbocycles. The largest absolute Gasteiger partial charge is 0.480 e. The highest BCUT2D eigenvalue weighted by Crippen LogP contribution is 2.42. The molecule has 0 aromatic heterocycles. The third-order valence-corrected chi connectivity index (χ3v) is 4.91. The van der Waals surface area contributed by atoms with Gasteiger partial charge in [-0.15, -0.1) is 0 Å². The zero-order chi connectivity index (χ0) is 16.6. The second-order valence-corrected chi connectivity index (χ2v) is 6.32. The number of hydrogen-bond acceptors (Lipinski definition) is 3. The molecule has 1 saturated carbocycles. The van der Waals surface area contributed by atoms with Gasteiger partial charge in [-0.3, -0.25) is 4.79 Å². The predicted molar refractivity (Wildman–Crippen MR) is 80.5 cm³/mol. The highest BCUT2D eigenvalue weighted by atomic mass is 19.1. The molecule has 124 valence electrons. The first kappa shape index (κ1) is 15.8. The van der Waals surface area contributed by atoms with Crippen LogP contribution in [0.1, 0.15) is 26.2 Å². The minimum atomic E-state index is -0.967. The molecule has 1 N–H and O–H groups in total. The topological polar surface area (TPSA) is 66.8 Å². The molecular weight excluding hydrogens is 301 g/mol. The van der Waals surface area contributed by atoms with Crippen LogP contribution in [-0.2, 0) is 9.59 Å². The number of aliphatic carboxylic acids is 1. The van der Waals surface area contributed by atoms with Gasteiger partial charge in [0.05, 0.1) is 0 Å². The summed E-state index contributed by atoms with van der Waals surface area (Å²) in [5.41, 5.74) is 0. The SMILES string of the molecule is CC(Oc1ccccc1F)C(=O)N1CC2CCCC2C1C(=O)O. The number of carboxylic acids is 1. The standard InChI is InChI=1S/C17H20FNO4/c1-10(23-14-8-3-2-7-13(14)18)16(20)19-9-11-5-4-6-12(11)15(19)17(21)22/h2-3,7-8,10-12,15H,4-6,9H2,1H3,(H,21,22). The first-order valence-corrected chi connectivity index (χ1v) is 7.93. The quantitative estimate of drug-likeness (QED) is 0.924. The number of likely N-dealkylation sites (tertiary alicyclic amines) is 1. The van der Waals surface area contributed by atoms with Crippen molar-refractivity contribution in [2.75, 3.05) is 6.54 Å². The number of carbonyl (C=O) groups is 2. The van der Waals surface area contributed by atoms with Crippen LogP contribution < -0.4 is 4.74 Å². The summed E-state index contributed by atoms with van der Waals surface area (Å²) in [5.74, 6) is -1.63. The maximum absolute atomic E-state index is 13.6. The van der Waals surface area contributed by atoms with Crippen molar-refractivity contribution in [3.63, 3.8) is 0 Å². The summed E-state index contributed by atoms with van der Waals surface area (Å²) in [6.45, 7) is 1.98. The lowest BCUT2D eigenvalue weighted by atomic mass is 9.94. The van der Waals surface area contributed by atoms with Crippen molar-refractivity contribution in [3.8, 4) is 5.75 Å². The van der Waals surface area contributed by atoms with E-state index in [1.807, 2.05) is 0 Å². The lowest BCUT2D eigenvalue weighted by molar-refractivity contribution is -0.152. The van der Waals surface area contributed by atoms with Crippen molar-refractivity contribution in [2.45, 2.75) is 38.3 Å². The minimum Gasteiger partial charge on any atom is -0.480 e. The van der Waals surface area contributed by atoms with Gasteiger partial charge in [0, 0.05) is 6.54 Å². The molecule has 1 saturated heterocycles. The number of hydrogen-bond donors (Lipinski definition) is 1. The maximum atomic E-state index is 13.6. The van der Waals surface area contributed by atoms with Gasteiger partial charge >= 0.3 is 5.97 Å². The Morgan fingerprint density at radius 1 is 1.35 bits per heavy atom. The summed E-state index contributed by atoms with van der Waals surface area (Å²) in [5, 5.41) is 9.50. The highest BCUT2D eigenvalue weighted by molar-refractivity contribution is 5.87. The lowest BCUT2D eigenvalue weighted by Gasteiger charge is -2.27. The summed E-state index contributed by atoms with van der Waals surface area (Å²) >= 11 is 0. The van der Waals surface area contributed by atoms with E-state index in [1.54, 1.807) is 6.07 Å². The molecule has 4 atom stereocenters. The second kappa shape index (κ2) is 6.18. The number of rotatable bonds is 4. The molecule has 6 heteroatoms. The van der Waals surface area contributed by atoms with Gasteiger partial charge in [0.15, 0.2) is 17.7 Å². The van der Waals surface area contributed by atoms with Gasteiger partial charge in [0.25, 0.3) is 5.91 Å². The average Bonchev–Trinajstić information content (AvgIpc) is 3.08. The molecule has 5 nitrogen and oxygen atoms in total. The van der Waals surface area contributed by atoms with E-state index in [2.05, 4.69) is 0 Å². The van der Waals surface area contributed by atoms with Crippen LogP contribution in [0, 0.1) is 17.7 Å². The number of nitrogens with zero attached hydrogens (tertiary/aromatic N) is 1. The lowest BCUT2D eigenvalue weighted by Crippen LogP contribution is -2.48. The van der Waals surface area contributed by atoms with E-state index in [9.17, 15) is 19.1 Å². The summed E-state index contributed by atoms with van der Waals surface area (Å²) in [4.78, 5) is 25.6. The van der Waals surface area contributed by atoms with Crippen LogP contribution in [0.4, 0.5) is 4.39 Å². The monoisotopic (exact) mass is 321 g/mol. The molecule has 1 amide bonds. The highest BCUT2D eigenvalue weighted by Gasteiger charge is 2.50. The molecule has 23 heavy (non-hydrogen) atoms. The van der Waals surface area contributed by atoms with Crippen LogP contribution >= 0.6 is 0 Å². The van der Waals surface area contributed by atoms with Crippen LogP contribution in [0.25, 0.3) is 0 Å². The van der Waals surface area contributed by atoms with Gasteiger partial charge in [-0.1, -0.05) is 18.6 Å². The fourth-order valence-corrected chi connectivity index (χ4v) is 3.86. The molecule has 2 fully saturated rings. The van der Waals surface area contributed by atoms with Crippen LogP contribution in [0.2, 0.25) is 0 Å². The molecule has 0 bridgehead atoms. The smallest absolute Gasteiger partial charge is 0.326 e. The maximum Gasteiger partial charge on any atom is 0.326 e. The van der Waals surface area contributed by atoms with Crippen molar-refractivity contribution in [1.82, 2.24) is 4.90 Å². The Morgan fingerprint density at radius 2 is 2.09 bits per heavy atom. The Bertz CT molecular complexity index is 620. The van der Waals surface area contributed by atoms with Gasteiger partial charge in [-0.2, -0.15) is 0 Å². The number of amides is 1. The van der Waals surface area contributed by atoms with Crippen LogP contribution in [0.15, 0.2) is 24.3 Å². The van der Waals surface area contributed by atoms with Gasteiger partial charge in [0.1, 0.15) is 6.04 Å². The summed E-state index contributed by atoms with van der Waals surface area (Å²) in [6.07, 6.45) is 1.89. The number of carboxylic acid groups (broad SMARTS) is 1. The van der Waals surface area contributed by atoms with Gasteiger partial charge in [-0.25, -0.2) is 9.18 Å².